The number of hydrogen-bond donors (Lipinski definition) is 1. The van der Waals surface area contributed by atoms with Gasteiger partial charge < -0.3 is 10.1 Å². The van der Waals surface area contributed by atoms with Gasteiger partial charge in [0.1, 0.15) is 0 Å². The Labute approximate surface area is 112 Å². The monoisotopic (exact) mass is 273 g/mol. The first-order chi connectivity index (χ1) is 8.16. The van der Waals surface area contributed by atoms with Crippen molar-refractivity contribution >= 4 is 23.2 Å². The van der Waals surface area contributed by atoms with Crippen molar-refractivity contribution in [2.45, 2.75) is 31.8 Å². The van der Waals surface area contributed by atoms with Crippen LogP contribution in [0, 0.1) is 0 Å². The highest BCUT2D eigenvalue weighted by Gasteiger charge is 2.18. The summed E-state index contributed by atoms with van der Waals surface area (Å²) < 4.78 is 5.45. The second-order valence-corrected chi connectivity index (χ2v) is 5.31. The SMILES string of the molecule is CC(NC1CCCOC1)c1cc(Cl)ccc1Cl. The van der Waals surface area contributed by atoms with E-state index in [-0.39, 0.29) is 6.04 Å². The highest BCUT2D eigenvalue weighted by atomic mass is 35.5. The average molecular weight is 274 g/mol. The molecule has 94 valence electrons. The first-order valence-electron chi connectivity index (χ1n) is 5.95. The summed E-state index contributed by atoms with van der Waals surface area (Å²) in [7, 11) is 0. The van der Waals surface area contributed by atoms with Crippen molar-refractivity contribution in [3.8, 4) is 0 Å². The summed E-state index contributed by atoms with van der Waals surface area (Å²) >= 11 is 12.2. The van der Waals surface area contributed by atoms with Crippen molar-refractivity contribution in [1.82, 2.24) is 5.32 Å². The predicted octanol–water partition coefficient (Wildman–Crippen LogP) is 3.82. The fourth-order valence-corrected chi connectivity index (χ4v) is 2.62. The summed E-state index contributed by atoms with van der Waals surface area (Å²) in [5, 5.41) is 5.01. The van der Waals surface area contributed by atoms with Gasteiger partial charge in [0.2, 0.25) is 0 Å². The van der Waals surface area contributed by atoms with Crippen LogP contribution in [0.25, 0.3) is 0 Å². The Hall–Kier alpha value is -0.280. The molecular weight excluding hydrogens is 257 g/mol. The van der Waals surface area contributed by atoms with Crippen LogP contribution in [0.5, 0.6) is 0 Å². The third-order valence-electron chi connectivity index (χ3n) is 3.07. The highest BCUT2D eigenvalue weighted by molar-refractivity contribution is 6.33. The van der Waals surface area contributed by atoms with Crippen molar-refractivity contribution in [3.05, 3.63) is 33.8 Å². The van der Waals surface area contributed by atoms with Gasteiger partial charge in [-0.05, 0) is 43.5 Å². The summed E-state index contributed by atoms with van der Waals surface area (Å²) in [6.07, 6.45) is 2.27. The molecule has 0 amide bonds. The van der Waals surface area contributed by atoms with Gasteiger partial charge in [0, 0.05) is 28.7 Å². The molecule has 1 saturated heterocycles. The molecule has 1 N–H and O–H groups in total. The highest BCUT2D eigenvalue weighted by Crippen LogP contribution is 2.27. The Morgan fingerprint density at radius 3 is 2.94 bits per heavy atom. The zero-order chi connectivity index (χ0) is 12.3. The molecule has 0 aliphatic carbocycles. The van der Waals surface area contributed by atoms with Crippen molar-refractivity contribution in [2.24, 2.45) is 0 Å². The zero-order valence-corrected chi connectivity index (χ0v) is 11.4. The molecule has 2 rings (SSSR count). The van der Waals surface area contributed by atoms with Crippen molar-refractivity contribution < 1.29 is 4.74 Å². The molecule has 2 nitrogen and oxygen atoms in total. The van der Waals surface area contributed by atoms with Gasteiger partial charge >= 0.3 is 0 Å². The normalized spacial score (nSPS) is 22.4. The minimum Gasteiger partial charge on any atom is -0.380 e. The second-order valence-electron chi connectivity index (χ2n) is 4.47. The third-order valence-corrected chi connectivity index (χ3v) is 3.65. The van der Waals surface area contributed by atoms with E-state index < -0.39 is 0 Å². The smallest absolute Gasteiger partial charge is 0.0619 e. The number of hydrogen-bond acceptors (Lipinski definition) is 2. The quantitative estimate of drug-likeness (QED) is 0.904. The van der Waals surface area contributed by atoms with E-state index in [0.717, 1.165) is 41.7 Å². The van der Waals surface area contributed by atoms with Crippen molar-refractivity contribution in [2.75, 3.05) is 13.2 Å². The number of nitrogens with one attached hydrogen (secondary N) is 1. The molecule has 0 radical (unpaired) electrons. The van der Waals surface area contributed by atoms with Gasteiger partial charge in [-0.25, -0.2) is 0 Å². The fraction of sp³-hybridized carbons (Fsp3) is 0.538. The van der Waals surface area contributed by atoms with Crippen LogP contribution >= 0.6 is 23.2 Å². The van der Waals surface area contributed by atoms with Crippen LogP contribution in [0.15, 0.2) is 18.2 Å². The summed E-state index contributed by atoms with van der Waals surface area (Å²) in [6, 6.07) is 6.17. The van der Waals surface area contributed by atoms with Gasteiger partial charge in [0.05, 0.1) is 6.61 Å². The van der Waals surface area contributed by atoms with E-state index in [1.54, 1.807) is 0 Å². The number of ether oxygens (including phenoxy) is 1. The van der Waals surface area contributed by atoms with Crippen LogP contribution in [0.2, 0.25) is 10.0 Å². The van der Waals surface area contributed by atoms with E-state index in [1.807, 2.05) is 18.2 Å². The molecule has 1 aromatic carbocycles. The predicted molar refractivity (Wildman–Crippen MR) is 71.9 cm³/mol. The minimum absolute atomic E-state index is 0.188. The largest absolute Gasteiger partial charge is 0.380 e. The second kappa shape index (κ2) is 6.05. The molecule has 0 spiro atoms. The topological polar surface area (TPSA) is 21.3 Å². The Bertz CT molecular complexity index is 378. The molecule has 1 aliphatic heterocycles. The van der Waals surface area contributed by atoms with Crippen molar-refractivity contribution in [1.29, 1.82) is 0 Å². The maximum Gasteiger partial charge on any atom is 0.0619 e. The Balaban J connectivity index is 2.02. The summed E-state index contributed by atoms with van der Waals surface area (Å²) in [5.41, 5.74) is 1.05. The van der Waals surface area contributed by atoms with E-state index in [0.29, 0.717) is 6.04 Å². The zero-order valence-electron chi connectivity index (χ0n) is 9.88. The number of halogens is 2. The van der Waals surface area contributed by atoms with Gasteiger partial charge in [-0.1, -0.05) is 23.2 Å². The first-order valence-corrected chi connectivity index (χ1v) is 6.71. The number of rotatable bonds is 3. The molecule has 1 heterocycles. The maximum absolute atomic E-state index is 6.18. The summed E-state index contributed by atoms with van der Waals surface area (Å²) in [6.45, 7) is 3.76. The maximum atomic E-state index is 6.18. The van der Waals surface area contributed by atoms with E-state index >= 15 is 0 Å². The minimum atomic E-state index is 0.188. The van der Waals surface area contributed by atoms with E-state index in [4.69, 9.17) is 27.9 Å². The van der Waals surface area contributed by atoms with Crippen LogP contribution in [0.3, 0.4) is 0 Å². The molecule has 0 aromatic heterocycles. The molecule has 2 atom stereocenters. The summed E-state index contributed by atoms with van der Waals surface area (Å²) in [4.78, 5) is 0. The van der Waals surface area contributed by atoms with Gasteiger partial charge in [-0.3, -0.25) is 0 Å². The average Bonchev–Trinajstić information content (AvgIpc) is 2.33. The van der Waals surface area contributed by atoms with Crippen LogP contribution in [0.1, 0.15) is 31.4 Å². The van der Waals surface area contributed by atoms with Gasteiger partial charge in [-0.15, -0.1) is 0 Å². The van der Waals surface area contributed by atoms with Gasteiger partial charge in [0.25, 0.3) is 0 Å². The molecule has 0 saturated carbocycles. The van der Waals surface area contributed by atoms with E-state index in [1.165, 1.54) is 0 Å². The molecule has 2 unspecified atom stereocenters. The summed E-state index contributed by atoms with van der Waals surface area (Å²) in [5.74, 6) is 0. The van der Waals surface area contributed by atoms with Crippen LogP contribution in [0.4, 0.5) is 0 Å². The molecule has 4 heteroatoms. The lowest BCUT2D eigenvalue weighted by molar-refractivity contribution is 0.0671. The Morgan fingerprint density at radius 2 is 2.24 bits per heavy atom. The first kappa shape index (κ1) is 13.2. The van der Waals surface area contributed by atoms with Crippen molar-refractivity contribution in [3.63, 3.8) is 0 Å². The lowest BCUT2D eigenvalue weighted by atomic mass is 10.0. The van der Waals surface area contributed by atoms with Crippen LogP contribution in [-0.2, 0) is 4.74 Å². The lowest BCUT2D eigenvalue weighted by Gasteiger charge is -2.27. The van der Waals surface area contributed by atoms with Crippen LogP contribution < -0.4 is 5.32 Å². The molecule has 1 aromatic rings. The third kappa shape index (κ3) is 3.59. The fourth-order valence-electron chi connectivity index (χ4n) is 2.16. The Morgan fingerprint density at radius 1 is 1.41 bits per heavy atom. The van der Waals surface area contributed by atoms with Gasteiger partial charge in [-0.2, -0.15) is 0 Å². The standard InChI is InChI=1S/C13H17Cl2NO/c1-9(16-11-3-2-6-17-8-11)12-7-10(14)4-5-13(12)15/h4-5,7,9,11,16H,2-3,6,8H2,1H3. The molecule has 17 heavy (non-hydrogen) atoms. The lowest BCUT2D eigenvalue weighted by Crippen LogP contribution is -2.38. The number of benzene rings is 1. The van der Waals surface area contributed by atoms with E-state index in [2.05, 4.69) is 12.2 Å². The molecule has 0 bridgehead atoms. The Kier molecular flexibility index (Phi) is 4.69. The molecule has 1 aliphatic rings. The molecular formula is C13H17Cl2NO. The van der Waals surface area contributed by atoms with Gasteiger partial charge in [0.15, 0.2) is 0 Å². The van der Waals surface area contributed by atoms with Crippen LogP contribution in [-0.4, -0.2) is 19.3 Å². The van der Waals surface area contributed by atoms with E-state index in [9.17, 15) is 0 Å². The molecule has 1 fully saturated rings.